The third kappa shape index (κ3) is 4.80. The van der Waals surface area contributed by atoms with E-state index in [1.54, 1.807) is 18.3 Å². The fourth-order valence-electron chi connectivity index (χ4n) is 4.63. The van der Waals surface area contributed by atoms with E-state index < -0.39 is 0 Å². The predicted octanol–water partition coefficient (Wildman–Crippen LogP) is 4.64. The molecule has 0 aliphatic carbocycles. The van der Waals surface area contributed by atoms with Gasteiger partial charge in [-0.15, -0.1) is 11.3 Å². The van der Waals surface area contributed by atoms with Gasteiger partial charge in [-0.05, 0) is 55.7 Å². The molecule has 2 amide bonds. The molecule has 5 rings (SSSR count). The smallest absolute Gasteiger partial charge is 0.268 e. The van der Waals surface area contributed by atoms with Crippen LogP contribution in [-0.2, 0) is 11.4 Å². The van der Waals surface area contributed by atoms with Crippen molar-refractivity contribution >= 4 is 40.1 Å². The van der Waals surface area contributed by atoms with Gasteiger partial charge in [-0.25, -0.2) is 4.98 Å². The number of benzene rings is 1. The summed E-state index contributed by atoms with van der Waals surface area (Å²) in [6.45, 7) is 4.83. The highest BCUT2D eigenvalue weighted by atomic mass is 32.1. The normalized spacial score (nSPS) is 16.0. The van der Waals surface area contributed by atoms with Crippen LogP contribution in [0.5, 0.6) is 0 Å². The number of hydrogen-bond acceptors (Lipinski definition) is 6. The summed E-state index contributed by atoms with van der Waals surface area (Å²) in [5.41, 5.74) is 3.27. The Kier molecular flexibility index (Phi) is 6.92. The van der Waals surface area contributed by atoms with Gasteiger partial charge in [0.15, 0.2) is 0 Å². The Morgan fingerprint density at radius 1 is 1.14 bits per heavy atom. The maximum absolute atomic E-state index is 13.3. The summed E-state index contributed by atoms with van der Waals surface area (Å²) in [6, 6.07) is 15.3. The van der Waals surface area contributed by atoms with Crippen molar-refractivity contribution in [2.75, 3.05) is 18.4 Å². The van der Waals surface area contributed by atoms with Crippen LogP contribution in [-0.4, -0.2) is 49.4 Å². The number of imidazole rings is 1. The second-order valence-corrected chi connectivity index (χ2v) is 9.81. The first kappa shape index (κ1) is 23.9. The zero-order valence-corrected chi connectivity index (χ0v) is 20.6. The number of likely N-dealkylation sites (tertiary alicyclic amines) is 1. The van der Waals surface area contributed by atoms with Crippen LogP contribution in [0.2, 0.25) is 0 Å². The molecule has 0 saturated carbocycles. The third-order valence-electron chi connectivity index (χ3n) is 6.47. The molecule has 0 unspecified atom stereocenters. The Morgan fingerprint density at radius 3 is 2.78 bits per heavy atom. The molecule has 1 atom stereocenters. The summed E-state index contributed by atoms with van der Waals surface area (Å²) in [5, 5.41) is 12.2. The van der Waals surface area contributed by atoms with E-state index in [2.05, 4.69) is 21.4 Å². The number of pyridine rings is 1. The van der Waals surface area contributed by atoms with Crippen molar-refractivity contribution in [3.8, 4) is 10.4 Å². The number of thiophene rings is 1. The number of aromatic nitrogens is 3. The van der Waals surface area contributed by atoms with Gasteiger partial charge in [-0.2, -0.15) is 0 Å². The van der Waals surface area contributed by atoms with Crippen molar-refractivity contribution in [2.24, 2.45) is 0 Å². The summed E-state index contributed by atoms with van der Waals surface area (Å²) < 4.78 is 2.11. The Morgan fingerprint density at radius 2 is 2.00 bits per heavy atom. The first-order valence-electron chi connectivity index (χ1n) is 11.9. The molecule has 8 nitrogen and oxygen atoms in total. The number of aliphatic hydroxyl groups is 1. The third-order valence-corrected chi connectivity index (χ3v) is 7.60. The zero-order chi connectivity index (χ0) is 25.1. The average Bonchev–Trinajstić information content (AvgIpc) is 3.47. The largest absolute Gasteiger partial charge is 0.390 e. The highest BCUT2D eigenvalue weighted by molar-refractivity contribution is 7.17. The van der Waals surface area contributed by atoms with Crippen LogP contribution in [0.15, 0.2) is 67.4 Å². The van der Waals surface area contributed by atoms with E-state index in [0.717, 1.165) is 40.7 Å². The lowest BCUT2D eigenvalue weighted by Gasteiger charge is -2.21. The van der Waals surface area contributed by atoms with Gasteiger partial charge in [0.05, 0.1) is 28.2 Å². The highest BCUT2D eigenvalue weighted by Gasteiger charge is 2.25. The number of aliphatic hydroxyl groups excluding tert-OH is 1. The molecule has 1 saturated heterocycles. The first-order valence-corrected chi connectivity index (χ1v) is 12.7. The van der Waals surface area contributed by atoms with Crippen LogP contribution in [0, 0.1) is 0 Å². The van der Waals surface area contributed by atoms with Gasteiger partial charge in [0.25, 0.3) is 5.91 Å². The van der Waals surface area contributed by atoms with Gasteiger partial charge < -0.3 is 14.6 Å². The molecule has 2 N–H and O–H groups in total. The second-order valence-electron chi connectivity index (χ2n) is 8.72. The topological polar surface area (TPSA) is 100 Å². The maximum Gasteiger partial charge on any atom is 0.268 e. The molecule has 9 heteroatoms. The number of anilines is 1. The molecule has 4 aromatic rings. The lowest BCUT2D eigenvalue weighted by Crippen LogP contribution is -2.30. The number of nitrogens with one attached hydrogen (secondary N) is 1. The predicted molar refractivity (Wildman–Crippen MR) is 141 cm³/mol. The molecule has 1 fully saturated rings. The minimum absolute atomic E-state index is 0.0469. The number of nitrogens with zero attached hydrogens (tertiary/aromatic N) is 4. The number of fused-ring (bicyclic) bond motifs is 1. The van der Waals surface area contributed by atoms with E-state index in [1.807, 2.05) is 41.3 Å². The first-order chi connectivity index (χ1) is 17.6. The van der Waals surface area contributed by atoms with E-state index >= 15 is 0 Å². The molecule has 0 spiro atoms. The average molecular weight is 502 g/mol. The standard InChI is InChI=1S/C27H27N5O3S/c1-2-25(34)31-14-5-6-20(13-15-31)32-22-8-4-3-7-21(22)29-27(32)30-26(35)24-12-11-23(36-24)18-9-10-19(17-33)28-16-18/h2-4,7-12,16,20,33H,1,5-6,13-15,17H2,(H,29,30,35)/t20-/m1/s1. The molecule has 1 aromatic carbocycles. The molecule has 0 bridgehead atoms. The van der Waals surface area contributed by atoms with Gasteiger partial charge >= 0.3 is 0 Å². The van der Waals surface area contributed by atoms with Gasteiger partial charge in [-0.3, -0.25) is 19.9 Å². The molecular formula is C27H27N5O3S. The molecule has 1 aliphatic heterocycles. The van der Waals surface area contributed by atoms with Gasteiger partial charge in [-0.1, -0.05) is 24.8 Å². The Labute approximate surface area is 212 Å². The molecule has 0 radical (unpaired) electrons. The quantitative estimate of drug-likeness (QED) is 0.375. The van der Waals surface area contributed by atoms with Crippen LogP contribution in [0.3, 0.4) is 0 Å². The van der Waals surface area contributed by atoms with E-state index in [-0.39, 0.29) is 24.5 Å². The molecular weight excluding hydrogens is 474 g/mol. The molecule has 184 valence electrons. The summed E-state index contributed by atoms with van der Waals surface area (Å²) in [6.07, 6.45) is 5.57. The number of amides is 2. The van der Waals surface area contributed by atoms with Crippen molar-refractivity contribution in [2.45, 2.75) is 31.9 Å². The molecule has 3 aromatic heterocycles. The fourth-order valence-corrected chi connectivity index (χ4v) is 5.52. The lowest BCUT2D eigenvalue weighted by atomic mass is 10.1. The summed E-state index contributed by atoms with van der Waals surface area (Å²) in [7, 11) is 0. The number of para-hydroxylation sites is 2. The Bertz CT molecular complexity index is 1410. The van der Waals surface area contributed by atoms with E-state index in [9.17, 15) is 14.7 Å². The molecule has 1 aliphatic rings. The highest BCUT2D eigenvalue weighted by Crippen LogP contribution is 2.33. The summed E-state index contributed by atoms with van der Waals surface area (Å²) >= 11 is 1.38. The van der Waals surface area contributed by atoms with Crippen molar-refractivity contribution in [3.05, 3.63) is 78.0 Å². The van der Waals surface area contributed by atoms with Crippen LogP contribution >= 0.6 is 11.3 Å². The second kappa shape index (κ2) is 10.4. The van der Waals surface area contributed by atoms with Crippen LogP contribution < -0.4 is 5.32 Å². The number of hydrogen-bond donors (Lipinski definition) is 2. The van der Waals surface area contributed by atoms with Crippen molar-refractivity contribution in [1.82, 2.24) is 19.4 Å². The van der Waals surface area contributed by atoms with Gasteiger partial charge in [0.1, 0.15) is 0 Å². The van der Waals surface area contributed by atoms with Crippen molar-refractivity contribution in [3.63, 3.8) is 0 Å². The van der Waals surface area contributed by atoms with Crippen molar-refractivity contribution < 1.29 is 14.7 Å². The SMILES string of the molecule is C=CC(=O)N1CCC[C@@H](n2c(NC(=O)c3ccc(-c4ccc(CO)nc4)s3)nc3ccccc32)CC1. The number of carbonyl (C=O) groups is 2. The van der Waals surface area contributed by atoms with E-state index in [1.165, 1.54) is 17.4 Å². The summed E-state index contributed by atoms with van der Waals surface area (Å²) in [4.78, 5) is 37.7. The minimum atomic E-state index is -0.222. The van der Waals surface area contributed by atoms with Crippen molar-refractivity contribution in [1.29, 1.82) is 0 Å². The Balaban J connectivity index is 1.40. The molecule has 36 heavy (non-hydrogen) atoms. The Hall–Kier alpha value is -3.82. The maximum atomic E-state index is 13.3. The van der Waals surface area contributed by atoms with Crippen LogP contribution in [0.1, 0.15) is 40.7 Å². The monoisotopic (exact) mass is 501 g/mol. The minimum Gasteiger partial charge on any atom is -0.390 e. The molecule has 4 heterocycles. The number of carbonyl (C=O) groups excluding carboxylic acids is 2. The van der Waals surface area contributed by atoms with Crippen LogP contribution in [0.25, 0.3) is 21.5 Å². The van der Waals surface area contributed by atoms with Gasteiger partial charge in [0, 0.05) is 35.8 Å². The van der Waals surface area contributed by atoms with Gasteiger partial charge in [0.2, 0.25) is 11.9 Å². The zero-order valence-electron chi connectivity index (χ0n) is 19.8. The lowest BCUT2D eigenvalue weighted by molar-refractivity contribution is -0.125. The van der Waals surface area contributed by atoms with E-state index in [0.29, 0.717) is 29.6 Å². The van der Waals surface area contributed by atoms with E-state index in [4.69, 9.17) is 4.98 Å². The fraction of sp³-hybridized carbons (Fsp3) is 0.259. The summed E-state index contributed by atoms with van der Waals surface area (Å²) in [5.74, 6) is 0.243. The van der Waals surface area contributed by atoms with Crippen LogP contribution in [0.4, 0.5) is 5.95 Å². The number of rotatable bonds is 6.